The first kappa shape index (κ1) is 9.25. The van der Waals surface area contributed by atoms with Crippen molar-refractivity contribution >= 4 is 5.97 Å². The first-order chi connectivity index (χ1) is 6.66. The molecular formula is C12H14O2. The van der Waals surface area contributed by atoms with E-state index in [1.54, 1.807) is 0 Å². The molecule has 74 valence electrons. The normalized spacial score (nSPS) is 21.0. The summed E-state index contributed by atoms with van der Waals surface area (Å²) in [4.78, 5) is 11.0. The van der Waals surface area contributed by atoms with Gasteiger partial charge in [0, 0.05) is 6.42 Å². The first-order valence-electron chi connectivity index (χ1n) is 4.93. The average Bonchev–Trinajstić information content (AvgIpc) is 2.56. The van der Waals surface area contributed by atoms with Crippen LogP contribution in [0.2, 0.25) is 0 Å². The smallest absolute Gasteiger partial charge is 0.306 e. The molecule has 1 atom stereocenters. The van der Waals surface area contributed by atoms with Crippen LogP contribution in [0.1, 0.15) is 35.6 Å². The third-order valence-electron chi connectivity index (χ3n) is 2.67. The van der Waals surface area contributed by atoms with Gasteiger partial charge in [-0.2, -0.15) is 0 Å². The fraction of sp³-hybridized carbons (Fsp3) is 0.417. The molecule has 1 heterocycles. The second kappa shape index (κ2) is 3.45. The number of esters is 1. The van der Waals surface area contributed by atoms with Gasteiger partial charge in [-0.05, 0) is 31.4 Å². The van der Waals surface area contributed by atoms with E-state index in [4.69, 9.17) is 4.74 Å². The lowest BCUT2D eigenvalue weighted by Crippen LogP contribution is -2.01. The molecule has 0 aromatic heterocycles. The van der Waals surface area contributed by atoms with Gasteiger partial charge in [0.05, 0.1) is 0 Å². The lowest BCUT2D eigenvalue weighted by Gasteiger charge is -2.13. The Kier molecular flexibility index (Phi) is 2.28. The van der Waals surface area contributed by atoms with Crippen molar-refractivity contribution in [3.05, 3.63) is 34.9 Å². The summed E-state index contributed by atoms with van der Waals surface area (Å²) in [5.41, 5.74) is 3.58. The van der Waals surface area contributed by atoms with E-state index in [0.29, 0.717) is 6.42 Å². The van der Waals surface area contributed by atoms with Gasteiger partial charge in [-0.1, -0.05) is 23.8 Å². The Morgan fingerprint density at radius 2 is 2.14 bits per heavy atom. The average molecular weight is 190 g/mol. The Bertz CT molecular complexity index is 369. The molecule has 0 saturated carbocycles. The van der Waals surface area contributed by atoms with Crippen LogP contribution >= 0.6 is 0 Å². The SMILES string of the molecule is Cc1ccc(C)c([C@@H]2CCC(=O)O2)c1. The van der Waals surface area contributed by atoms with Crippen LogP contribution in [-0.4, -0.2) is 5.97 Å². The minimum absolute atomic E-state index is 0.0117. The van der Waals surface area contributed by atoms with Gasteiger partial charge in [0.25, 0.3) is 0 Å². The van der Waals surface area contributed by atoms with Crippen molar-refractivity contribution < 1.29 is 9.53 Å². The highest BCUT2D eigenvalue weighted by molar-refractivity contribution is 5.71. The fourth-order valence-corrected chi connectivity index (χ4v) is 1.85. The minimum Gasteiger partial charge on any atom is -0.457 e. The van der Waals surface area contributed by atoms with Crippen molar-refractivity contribution in [1.29, 1.82) is 0 Å². The number of rotatable bonds is 1. The van der Waals surface area contributed by atoms with E-state index in [2.05, 4.69) is 32.0 Å². The zero-order valence-corrected chi connectivity index (χ0v) is 8.54. The number of hydrogen-bond donors (Lipinski definition) is 0. The predicted octanol–water partition coefficient (Wildman–Crippen LogP) is 2.68. The van der Waals surface area contributed by atoms with Gasteiger partial charge >= 0.3 is 5.97 Å². The zero-order valence-electron chi connectivity index (χ0n) is 8.54. The maximum Gasteiger partial charge on any atom is 0.306 e. The van der Waals surface area contributed by atoms with Gasteiger partial charge in [0.1, 0.15) is 6.10 Å². The Morgan fingerprint density at radius 1 is 1.36 bits per heavy atom. The number of benzene rings is 1. The molecule has 2 nitrogen and oxygen atoms in total. The van der Waals surface area contributed by atoms with Crippen LogP contribution in [-0.2, 0) is 9.53 Å². The molecule has 0 bridgehead atoms. The maximum absolute atomic E-state index is 11.0. The van der Waals surface area contributed by atoms with Gasteiger partial charge in [-0.15, -0.1) is 0 Å². The second-order valence-electron chi connectivity index (χ2n) is 3.88. The standard InChI is InChI=1S/C12H14O2/c1-8-3-4-9(2)10(7-8)11-5-6-12(13)14-11/h3-4,7,11H,5-6H2,1-2H3/t11-/m0/s1. The van der Waals surface area contributed by atoms with Crippen molar-refractivity contribution in [2.24, 2.45) is 0 Å². The highest BCUT2D eigenvalue weighted by Crippen LogP contribution is 2.31. The molecule has 1 aromatic carbocycles. The number of ether oxygens (including phenoxy) is 1. The summed E-state index contributed by atoms with van der Waals surface area (Å²) in [5, 5.41) is 0. The summed E-state index contributed by atoms with van der Waals surface area (Å²) >= 11 is 0. The van der Waals surface area contributed by atoms with Crippen LogP contribution in [0.4, 0.5) is 0 Å². The molecule has 0 radical (unpaired) electrons. The number of carbonyl (C=O) groups excluding carboxylic acids is 1. The highest BCUT2D eigenvalue weighted by atomic mass is 16.5. The zero-order chi connectivity index (χ0) is 10.1. The van der Waals surface area contributed by atoms with Crippen LogP contribution in [0.5, 0.6) is 0 Å². The van der Waals surface area contributed by atoms with Crippen molar-refractivity contribution in [2.45, 2.75) is 32.8 Å². The summed E-state index contributed by atoms with van der Waals surface area (Å²) in [6, 6.07) is 6.27. The predicted molar refractivity (Wildman–Crippen MR) is 54.0 cm³/mol. The summed E-state index contributed by atoms with van der Waals surface area (Å²) in [6.07, 6.45) is 1.36. The van der Waals surface area contributed by atoms with Crippen LogP contribution in [0.3, 0.4) is 0 Å². The van der Waals surface area contributed by atoms with Gasteiger partial charge < -0.3 is 4.74 Å². The molecule has 0 amide bonds. The molecule has 1 aliphatic heterocycles. The molecule has 0 spiro atoms. The summed E-state index contributed by atoms with van der Waals surface area (Å²) in [5.74, 6) is -0.0732. The Labute approximate surface area is 83.9 Å². The topological polar surface area (TPSA) is 26.3 Å². The molecule has 0 unspecified atom stereocenters. The van der Waals surface area contributed by atoms with E-state index in [0.717, 1.165) is 12.0 Å². The van der Waals surface area contributed by atoms with Crippen LogP contribution in [0.25, 0.3) is 0 Å². The third kappa shape index (κ3) is 1.65. The number of carbonyl (C=O) groups is 1. The molecule has 0 N–H and O–H groups in total. The van der Waals surface area contributed by atoms with Gasteiger partial charge in [0.15, 0.2) is 0 Å². The Hall–Kier alpha value is -1.31. The van der Waals surface area contributed by atoms with E-state index in [-0.39, 0.29) is 12.1 Å². The van der Waals surface area contributed by atoms with E-state index in [1.165, 1.54) is 11.1 Å². The molecule has 1 aliphatic rings. The van der Waals surface area contributed by atoms with Crippen molar-refractivity contribution in [3.63, 3.8) is 0 Å². The molecule has 0 aliphatic carbocycles. The molecule has 2 rings (SSSR count). The van der Waals surface area contributed by atoms with E-state index in [1.807, 2.05) is 0 Å². The van der Waals surface area contributed by atoms with Gasteiger partial charge in [0.2, 0.25) is 0 Å². The van der Waals surface area contributed by atoms with Crippen LogP contribution in [0.15, 0.2) is 18.2 Å². The highest BCUT2D eigenvalue weighted by Gasteiger charge is 2.25. The molecule has 2 heteroatoms. The number of cyclic esters (lactones) is 1. The fourth-order valence-electron chi connectivity index (χ4n) is 1.85. The lowest BCUT2D eigenvalue weighted by molar-refractivity contribution is -0.141. The van der Waals surface area contributed by atoms with E-state index < -0.39 is 0 Å². The molecule has 1 aromatic rings. The van der Waals surface area contributed by atoms with Crippen LogP contribution < -0.4 is 0 Å². The number of aryl methyl sites for hydroxylation is 2. The third-order valence-corrected chi connectivity index (χ3v) is 2.67. The quantitative estimate of drug-likeness (QED) is 0.636. The largest absolute Gasteiger partial charge is 0.457 e. The monoisotopic (exact) mass is 190 g/mol. The number of hydrogen-bond acceptors (Lipinski definition) is 2. The molecule has 1 saturated heterocycles. The van der Waals surface area contributed by atoms with Crippen molar-refractivity contribution in [2.75, 3.05) is 0 Å². The maximum atomic E-state index is 11.0. The lowest BCUT2D eigenvalue weighted by atomic mass is 9.99. The van der Waals surface area contributed by atoms with E-state index >= 15 is 0 Å². The summed E-state index contributed by atoms with van der Waals surface area (Å²) in [7, 11) is 0. The Morgan fingerprint density at radius 3 is 2.79 bits per heavy atom. The summed E-state index contributed by atoms with van der Waals surface area (Å²) < 4.78 is 5.24. The van der Waals surface area contributed by atoms with Crippen LogP contribution in [0, 0.1) is 13.8 Å². The first-order valence-corrected chi connectivity index (χ1v) is 4.93. The molecular weight excluding hydrogens is 176 g/mol. The molecule has 1 fully saturated rings. The van der Waals surface area contributed by atoms with Gasteiger partial charge in [-0.25, -0.2) is 0 Å². The second-order valence-corrected chi connectivity index (χ2v) is 3.88. The van der Waals surface area contributed by atoms with Gasteiger partial charge in [-0.3, -0.25) is 4.79 Å². The Balaban J connectivity index is 2.31. The van der Waals surface area contributed by atoms with Crippen molar-refractivity contribution in [1.82, 2.24) is 0 Å². The van der Waals surface area contributed by atoms with E-state index in [9.17, 15) is 4.79 Å². The molecule has 14 heavy (non-hydrogen) atoms. The summed E-state index contributed by atoms with van der Waals surface area (Å²) in [6.45, 7) is 4.11. The van der Waals surface area contributed by atoms with Crippen molar-refractivity contribution in [3.8, 4) is 0 Å². The minimum atomic E-state index is -0.0732.